The maximum absolute atomic E-state index is 10.7. The number of hydrogen-bond donors (Lipinski definition) is 1. The molecule has 1 rings (SSSR count). The third-order valence-corrected chi connectivity index (χ3v) is 1.17. The van der Waals surface area contributed by atoms with Crippen molar-refractivity contribution in [3.63, 3.8) is 0 Å². The van der Waals surface area contributed by atoms with Crippen molar-refractivity contribution in [3.8, 4) is 0 Å². The molecule has 55 valence electrons. The van der Waals surface area contributed by atoms with Crippen LogP contribution in [0.5, 0.6) is 0 Å². The summed E-state index contributed by atoms with van der Waals surface area (Å²) in [5.74, 6) is -2.32. The van der Waals surface area contributed by atoms with E-state index >= 15 is 0 Å². The lowest BCUT2D eigenvalue weighted by atomic mass is 10.1. The molecule has 0 aromatic heterocycles. The number of carboxylic acid groups (broad SMARTS) is 1. The SMILES string of the molecule is O=C(O)C(=O)c1cc[c]cc1. The van der Waals surface area contributed by atoms with E-state index in [0.717, 1.165) is 0 Å². The van der Waals surface area contributed by atoms with Crippen molar-refractivity contribution < 1.29 is 14.7 Å². The summed E-state index contributed by atoms with van der Waals surface area (Å²) in [6, 6.07) is 8.50. The first-order chi connectivity index (χ1) is 5.22. The van der Waals surface area contributed by atoms with Gasteiger partial charge in [0.2, 0.25) is 0 Å². The Hall–Kier alpha value is -1.64. The highest BCUT2D eigenvalue weighted by Gasteiger charge is 2.12. The van der Waals surface area contributed by atoms with E-state index in [1.165, 1.54) is 24.3 Å². The minimum atomic E-state index is -1.43. The zero-order valence-electron chi connectivity index (χ0n) is 5.57. The van der Waals surface area contributed by atoms with Gasteiger partial charge >= 0.3 is 5.97 Å². The summed E-state index contributed by atoms with van der Waals surface area (Å²) in [6.45, 7) is 0. The Labute approximate surface area is 63.3 Å². The summed E-state index contributed by atoms with van der Waals surface area (Å²) < 4.78 is 0. The van der Waals surface area contributed by atoms with Crippen molar-refractivity contribution in [2.75, 3.05) is 0 Å². The van der Waals surface area contributed by atoms with Crippen molar-refractivity contribution in [3.05, 3.63) is 35.9 Å². The maximum Gasteiger partial charge on any atom is 0.377 e. The second kappa shape index (κ2) is 2.96. The van der Waals surface area contributed by atoms with E-state index in [9.17, 15) is 9.59 Å². The quantitative estimate of drug-likeness (QED) is 0.498. The Bertz CT molecular complexity index is 277. The van der Waals surface area contributed by atoms with E-state index in [2.05, 4.69) is 6.07 Å². The van der Waals surface area contributed by atoms with E-state index in [-0.39, 0.29) is 5.56 Å². The molecular formula is C8H5O3. The Kier molecular flexibility index (Phi) is 2.01. The van der Waals surface area contributed by atoms with Crippen LogP contribution in [-0.2, 0) is 4.79 Å². The fourth-order valence-corrected chi connectivity index (χ4v) is 0.662. The van der Waals surface area contributed by atoms with Gasteiger partial charge in [-0.05, 0) is 6.07 Å². The molecule has 0 bridgehead atoms. The van der Waals surface area contributed by atoms with Gasteiger partial charge in [-0.25, -0.2) is 4.79 Å². The molecule has 0 unspecified atom stereocenters. The molecule has 0 atom stereocenters. The maximum atomic E-state index is 10.7. The van der Waals surface area contributed by atoms with E-state index in [0.29, 0.717) is 0 Å². The predicted octanol–water partition coefficient (Wildman–Crippen LogP) is 0.754. The molecule has 1 aromatic carbocycles. The normalized spacial score (nSPS) is 9.09. The van der Waals surface area contributed by atoms with Crippen LogP contribution in [-0.4, -0.2) is 16.9 Å². The van der Waals surface area contributed by atoms with Gasteiger partial charge < -0.3 is 5.11 Å². The summed E-state index contributed by atoms with van der Waals surface area (Å²) in [6.07, 6.45) is 0. The molecule has 3 nitrogen and oxygen atoms in total. The van der Waals surface area contributed by atoms with Crippen LogP contribution in [0.4, 0.5) is 0 Å². The molecule has 11 heavy (non-hydrogen) atoms. The Balaban J connectivity index is 2.95. The number of ketones is 1. The molecular weight excluding hydrogens is 144 g/mol. The van der Waals surface area contributed by atoms with Gasteiger partial charge in [-0.3, -0.25) is 4.79 Å². The molecule has 0 saturated heterocycles. The Morgan fingerprint density at radius 1 is 1.27 bits per heavy atom. The smallest absolute Gasteiger partial charge is 0.377 e. The van der Waals surface area contributed by atoms with E-state index in [4.69, 9.17) is 5.11 Å². The van der Waals surface area contributed by atoms with Crippen LogP contribution in [0.1, 0.15) is 10.4 Å². The predicted molar refractivity (Wildman–Crippen MR) is 37.2 cm³/mol. The second-order valence-corrected chi connectivity index (χ2v) is 1.92. The molecule has 1 radical (unpaired) electrons. The fourth-order valence-electron chi connectivity index (χ4n) is 0.662. The van der Waals surface area contributed by atoms with E-state index in [1.807, 2.05) is 0 Å². The number of carbonyl (C=O) groups is 2. The molecule has 0 aliphatic carbocycles. The van der Waals surface area contributed by atoms with Crippen LogP contribution in [0.15, 0.2) is 24.3 Å². The minimum absolute atomic E-state index is 0.177. The van der Waals surface area contributed by atoms with Gasteiger partial charge in [0.1, 0.15) is 0 Å². The summed E-state index contributed by atoms with van der Waals surface area (Å²) in [7, 11) is 0. The van der Waals surface area contributed by atoms with Gasteiger partial charge in [-0.15, -0.1) is 0 Å². The zero-order valence-corrected chi connectivity index (χ0v) is 5.57. The standard InChI is InChI=1S/C8H5O3/c9-7(8(10)11)6-4-2-1-3-5-6/h2-5H,(H,10,11). The van der Waals surface area contributed by atoms with Crippen LogP contribution in [0.25, 0.3) is 0 Å². The third kappa shape index (κ3) is 1.64. The highest BCUT2D eigenvalue weighted by Crippen LogP contribution is 1.98. The molecule has 0 spiro atoms. The number of rotatable bonds is 2. The Morgan fingerprint density at radius 2 is 1.82 bits per heavy atom. The van der Waals surface area contributed by atoms with Gasteiger partial charge in [0.15, 0.2) is 0 Å². The molecule has 3 heteroatoms. The van der Waals surface area contributed by atoms with Crippen molar-refractivity contribution in [1.29, 1.82) is 0 Å². The lowest BCUT2D eigenvalue weighted by Gasteiger charge is -1.91. The van der Waals surface area contributed by atoms with Gasteiger partial charge in [-0.2, -0.15) is 0 Å². The zero-order chi connectivity index (χ0) is 8.27. The molecule has 0 amide bonds. The molecule has 0 saturated carbocycles. The average molecular weight is 149 g/mol. The molecule has 1 N–H and O–H groups in total. The third-order valence-electron chi connectivity index (χ3n) is 1.17. The summed E-state index contributed by atoms with van der Waals surface area (Å²) in [5, 5.41) is 8.28. The molecule has 0 aliphatic heterocycles. The molecule has 1 aromatic rings. The van der Waals surface area contributed by atoms with Crippen LogP contribution in [0.2, 0.25) is 0 Å². The number of carbonyl (C=O) groups excluding carboxylic acids is 1. The first-order valence-electron chi connectivity index (χ1n) is 2.95. The first kappa shape index (κ1) is 7.47. The molecule has 0 fully saturated rings. The van der Waals surface area contributed by atoms with Crippen molar-refractivity contribution in [2.45, 2.75) is 0 Å². The van der Waals surface area contributed by atoms with Crippen LogP contribution < -0.4 is 0 Å². The molecule has 0 aliphatic rings. The number of benzene rings is 1. The minimum Gasteiger partial charge on any atom is -0.475 e. The second-order valence-electron chi connectivity index (χ2n) is 1.92. The summed E-state index contributed by atoms with van der Waals surface area (Å²) >= 11 is 0. The topological polar surface area (TPSA) is 54.4 Å². The van der Waals surface area contributed by atoms with E-state index < -0.39 is 11.8 Å². The van der Waals surface area contributed by atoms with Crippen LogP contribution >= 0.6 is 0 Å². The number of aliphatic carboxylic acids is 1. The first-order valence-corrected chi connectivity index (χ1v) is 2.95. The summed E-state index contributed by atoms with van der Waals surface area (Å²) in [5.41, 5.74) is 0.177. The van der Waals surface area contributed by atoms with E-state index in [1.54, 1.807) is 0 Å². The highest BCUT2D eigenvalue weighted by molar-refractivity contribution is 6.39. The highest BCUT2D eigenvalue weighted by atomic mass is 16.4. The van der Waals surface area contributed by atoms with Crippen LogP contribution in [0, 0.1) is 6.07 Å². The van der Waals surface area contributed by atoms with Gasteiger partial charge in [0.05, 0.1) is 0 Å². The van der Waals surface area contributed by atoms with Crippen LogP contribution in [0.3, 0.4) is 0 Å². The van der Waals surface area contributed by atoms with Gasteiger partial charge in [0.25, 0.3) is 5.78 Å². The fraction of sp³-hybridized carbons (Fsp3) is 0. The van der Waals surface area contributed by atoms with Crippen molar-refractivity contribution in [1.82, 2.24) is 0 Å². The number of Topliss-reactive ketones (excluding diaryl/α,β-unsaturated/α-hetero) is 1. The van der Waals surface area contributed by atoms with Crippen molar-refractivity contribution >= 4 is 11.8 Å². The number of carboxylic acids is 1. The average Bonchev–Trinajstić information content (AvgIpc) is 2.05. The molecule has 0 heterocycles. The largest absolute Gasteiger partial charge is 0.475 e. The summed E-state index contributed by atoms with van der Waals surface area (Å²) in [4.78, 5) is 20.9. The number of hydrogen-bond acceptors (Lipinski definition) is 2. The lowest BCUT2D eigenvalue weighted by Crippen LogP contribution is -2.12. The van der Waals surface area contributed by atoms with Crippen molar-refractivity contribution in [2.24, 2.45) is 0 Å². The van der Waals surface area contributed by atoms with Gasteiger partial charge in [0, 0.05) is 5.56 Å². The Morgan fingerprint density at radius 3 is 2.27 bits per heavy atom. The lowest BCUT2D eigenvalue weighted by molar-refractivity contribution is -0.131. The van der Waals surface area contributed by atoms with Gasteiger partial charge in [-0.1, -0.05) is 24.3 Å². The monoisotopic (exact) mass is 149 g/mol.